The van der Waals surface area contributed by atoms with Crippen LogP contribution in [0, 0.1) is 0 Å². The van der Waals surface area contributed by atoms with Crippen LogP contribution in [-0.2, 0) is 9.53 Å². The van der Waals surface area contributed by atoms with Gasteiger partial charge in [0, 0.05) is 7.05 Å². The summed E-state index contributed by atoms with van der Waals surface area (Å²) in [6.45, 7) is 1.74. The molecule has 0 unspecified atom stereocenters. The van der Waals surface area contributed by atoms with Crippen LogP contribution in [-0.4, -0.2) is 36.2 Å². The lowest BCUT2D eigenvalue weighted by Crippen LogP contribution is -2.59. The molecule has 0 N–H and O–H groups in total. The molecule has 0 aliphatic carbocycles. The SMILES string of the molecule is C[C@@H]1OC(=O)[C@@H]1N(C)C(=O)Oc1ccc(-c2ccsc2)cc1. The predicted molar refractivity (Wildman–Crippen MR) is 82.9 cm³/mol. The number of thiophene rings is 1. The molecular weight excluding hydrogens is 302 g/mol. The maximum Gasteiger partial charge on any atom is 0.415 e. The van der Waals surface area contributed by atoms with Crippen LogP contribution < -0.4 is 4.74 Å². The first-order valence-electron chi connectivity index (χ1n) is 6.84. The fraction of sp³-hybridized carbons (Fsp3) is 0.250. The Bertz CT molecular complexity index is 681. The number of ether oxygens (including phenoxy) is 2. The van der Waals surface area contributed by atoms with Crippen molar-refractivity contribution in [2.75, 3.05) is 7.05 Å². The molecule has 22 heavy (non-hydrogen) atoms. The van der Waals surface area contributed by atoms with Crippen LogP contribution in [0.15, 0.2) is 41.1 Å². The number of amides is 1. The summed E-state index contributed by atoms with van der Waals surface area (Å²) < 4.78 is 10.1. The Morgan fingerprint density at radius 3 is 2.50 bits per heavy atom. The zero-order valence-electron chi connectivity index (χ0n) is 12.2. The highest BCUT2D eigenvalue weighted by molar-refractivity contribution is 7.08. The molecule has 6 heteroatoms. The summed E-state index contributed by atoms with van der Waals surface area (Å²) in [6, 6.07) is 8.72. The molecule has 1 aromatic heterocycles. The number of likely N-dealkylation sites (N-methyl/N-ethyl adjacent to an activating group) is 1. The second-order valence-electron chi connectivity index (χ2n) is 5.10. The minimum atomic E-state index is -0.572. The van der Waals surface area contributed by atoms with E-state index in [4.69, 9.17) is 9.47 Å². The van der Waals surface area contributed by atoms with Crippen molar-refractivity contribution in [3.63, 3.8) is 0 Å². The van der Waals surface area contributed by atoms with Gasteiger partial charge in [-0.25, -0.2) is 9.59 Å². The normalized spacial score (nSPS) is 20.0. The Morgan fingerprint density at radius 1 is 1.23 bits per heavy atom. The molecule has 1 aliphatic rings. The van der Waals surface area contributed by atoms with E-state index in [0.29, 0.717) is 5.75 Å². The lowest BCUT2D eigenvalue weighted by atomic mass is 10.1. The predicted octanol–water partition coefficient (Wildman–Crippen LogP) is 3.16. The van der Waals surface area contributed by atoms with E-state index in [1.165, 1.54) is 11.9 Å². The summed E-state index contributed by atoms with van der Waals surface area (Å²) in [5.41, 5.74) is 2.19. The molecule has 1 aromatic carbocycles. The molecule has 2 heterocycles. The average Bonchev–Trinajstić information content (AvgIpc) is 3.02. The van der Waals surface area contributed by atoms with Gasteiger partial charge in [-0.2, -0.15) is 11.3 Å². The fourth-order valence-electron chi connectivity index (χ4n) is 2.34. The van der Waals surface area contributed by atoms with E-state index >= 15 is 0 Å². The van der Waals surface area contributed by atoms with Gasteiger partial charge in [0.15, 0.2) is 6.04 Å². The fourth-order valence-corrected chi connectivity index (χ4v) is 3.01. The first-order valence-corrected chi connectivity index (χ1v) is 7.78. The highest BCUT2D eigenvalue weighted by Crippen LogP contribution is 2.25. The van der Waals surface area contributed by atoms with Gasteiger partial charge < -0.3 is 9.47 Å². The van der Waals surface area contributed by atoms with Gasteiger partial charge >= 0.3 is 12.1 Å². The highest BCUT2D eigenvalue weighted by atomic mass is 32.1. The summed E-state index contributed by atoms with van der Waals surface area (Å²) in [5.74, 6) is 0.0379. The molecule has 0 radical (unpaired) electrons. The molecule has 5 nitrogen and oxygen atoms in total. The Hall–Kier alpha value is -2.34. The van der Waals surface area contributed by atoms with Crippen LogP contribution >= 0.6 is 11.3 Å². The number of nitrogens with zero attached hydrogens (tertiary/aromatic N) is 1. The van der Waals surface area contributed by atoms with Crippen molar-refractivity contribution >= 4 is 23.4 Å². The molecule has 1 aliphatic heterocycles. The van der Waals surface area contributed by atoms with Crippen molar-refractivity contribution in [3.05, 3.63) is 41.1 Å². The van der Waals surface area contributed by atoms with Crippen LogP contribution in [0.2, 0.25) is 0 Å². The average molecular weight is 317 g/mol. The Labute approximate surface area is 132 Å². The quantitative estimate of drug-likeness (QED) is 0.816. The zero-order chi connectivity index (χ0) is 15.7. The van der Waals surface area contributed by atoms with Gasteiger partial charge in [-0.15, -0.1) is 0 Å². The number of benzene rings is 1. The van der Waals surface area contributed by atoms with Gasteiger partial charge in [0.25, 0.3) is 0 Å². The third kappa shape index (κ3) is 2.69. The molecule has 1 amide bonds. The largest absolute Gasteiger partial charge is 0.458 e. The zero-order valence-corrected chi connectivity index (χ0v) is 13.0. The van der Waals surface area contributed by atoms with Gasteiger partial charge in [-0.3, -0.25) is 4.90 Å². The minimum Gasteiger partial charge on any atom is -0.458 e. The maximum atomic E-state index is 12.0. The molecule has 0 bridgehead atoms. The Kier molecular flexibility index (Phi) is 3.85. The summed E-state index contributed by atoms with van der Waals surface area (Å²) in [5, 5.41) is 4.06. The van der Waals surface area contributed by atoms with Crippen molar-refractivity contribution in [2.45, 2.75) is 19.1 Å². The first kappa shape index (κ1) is 14.6. The van der Waals surface area contributed by atoms with Crippen LogP contribution in [0.1, 0.15) is 6.92 Å². The van der Waals surface area contributed by atoms with E-state index in [1.54, 1.807) is 30.4 Å². The molecule has 2 aromatic rings. The molecule has 0 saturated carbocycles. The van der Waals surface area contributed by atoms with Crippen molar-refractivity contribution in [3.8, 4) is 16.9 Å². The number of cyclic esters (lactones) is 1. The van der Waals surface area contributed by atoms with Gasteiger partial charge in [0.1, 0.15) is 11.9 Å². The van der Waals surface area contributed by atoms with Crippen molar-refractivity contribution in [2.24, 2.45) is 0 Å². The molecule has 1 fully saturated rings. The lowest BCUT2D eigenvalue weighted by Gasteiger charge is -2.37. The van der Waals surface area contributed by atoms with Crippen molar-refractivity contribution < 1.29 is 19.1 Å². The first-order chi connectivity index (χ1) is 10.6. The molecule has 0 spiro atoms. The third-order valence-corrected chi connectivity index (χ3v) is 4.29. The minimum absolute atomic E-state index is 0.300. The van der Waals surface area contributed by atoms with E-state index in [1.807, 2.05) is 23.6 Å². The molecule has 1 saturated heterocycles. The second kappa shape index (κ2) is 5.81. The molecule has 114 valence electrons. The number of rotatable bonds is 3. The van der Waals surface area contributed by atoms with Gasteiger partial charge in [-0.05, 0) is 47.0 Å². The summed E-state index contributed by atoms with van der Waals surface area (Å²) in [7, 11) is 1.53. The van der Waals surface area contributed by atoms with E-state index in [-0.39, 0.29) is 6.10 Å². The van der Waals surface area contributed by atoms with Gasteiger partial charge in [0.2, 0.25) is 0 Å². The summed E-state index contributed by atoms with van der Waals surface area (Å²) in [6.07, 6.45) is -0.872. The van der Waals surface area contributed by atoms with E-state index < -0.39 is 18.1 Å². The number of hydrogen-bond donors (Lipinski definition) is 0. The Morgan fingerprint density at radius 2 is 1.95 bits per heavy atom. The van der Waals surface area contributed by atoms with Crippen molar-refractivity contribution in [1.29, 1.82) is 0 Å². The number of carbonyl (C=O) groups excluding carboxylic acids is 2. The van der Waals surface area contributed by atoms with Crippen LogP contribution in [0.3, 0.4) is 0 Å². The standard InChI is InChI=1S/C16H15NO4S/c1-10-14(15(18)20-10)17(2)16(19)21-13-5-3-11(4-6-13)12-7-8-22-9-12/h3-10,14H,1-2H3/t10-,14+/m0/s1. The number of carbonyl (C=O) groups is 2. The monoisotopic (exact) mass is 317 g/mol. The topological polar surface area (TPSA) is 55.8 Å². The van der Waals surface area contributed by atoms with E-state index in [9.17, 15) is 9.59 Å². The second-order valence-corrected chi connectivity index (χ2v) is 5.88. The molecule has 3 rings (SSSR count). The van der Waals surface area contributed by atoms with Gasteiger partial charge in [0.05, 0.1) is 0 Å². The maximum absolute atomic E-state index is 12.0. The Balaban J connectivity index is 1.65. The highest BCUT2D eigenvalue weighted by Gasteiger charge is 2.44. The summed E-state index contributed by atoms with van der Waals surface area (Å²) >= 11 is 1.63. The number of hydrogen-bond acceptors (Lipinski definition) is 5. The van der Waals surface area contributed by atoms with Crippen LogP contribution in [0.25, 0.3) is 11.1 Å². The molecule has 2 atom stereocenters. The molecular formula is C16H15NO4S. The smallest absolute Gasteiger partial charge is 0.415 e. The van der Waals surface area contributed by atoms with Gasteiger partial charge in [-0.1, -0.05) is 12.1 Å². The van der Waals surface area contributed by atoms with E-state index in [0.717, 1.165) is 11.1 Å². The van der Waals surface area contributed by atoms with E-state index in [2.05, 4.69) is 5.38 Å². The summed E-state index contributed by atoms with van der Waals surface area (Å²) in [4.78, 5) is 24.7. The van der Waals surface area contributed by atoms with Crippen LogP contribution in [0.4, 0.5) is 4.79 Å². The van der Waals surface area contributed by atoms with Crippen molar-refractivity contribution in [1.82, 2.24) is 4.90 Å². The number of esters is 1. The third-order valence-electron chi connectivity index (χ3n) is 3.61. The van der Waals surface area contributed by atoms with Crippen LogP contribution in [0.5, 0.6) is 5.75 Å². The lowest BCUT2D eigenvalue weighted by molar-refractivity contribution is -0.181.